The molecule has 10 N–H and O–H groups in total. The van der Waals surface area contributed by atoms with Crippen molar-refractivity contribution in [3.8, 4) is 0 Å². The summed E-state index contributed by atoms with van der Waals surface area (Å²) in [5.74, 6) is 1.17. The molecule has 820 valence electrons. The van der Waals surface area contributed by atoms with Crippen molar-refractivity contribution in [3.63, 3.8) is 0 Å². The minimum Gasteiger partial charge on any atom is -0.388 e. The summed E-state index contributed by atoms with van der Waals surface area (Å²) in [5, 5.41) is 29.3. The number of rotatable bonds is 34. The zero-order chi connectivity index (χ0) is 107. The van der Waals surface area contributed by atoms with Crippen LogP contribution in [0.3, 0.4) is 0 Å². The monoisotopic (exact) mass is 2090 g/mol. The first-order valence-electron chi connectivity index (χ1n) is 48.4. The average Bonchev–Trinajstić information content (AvgIpc) is 1.40. The molecule has 0 saturated carbocycles. The molecule has 8 aliphatic heterocycles. The van der Waals surface area contributed by atoms with Crippen molar-refractivity contribution in [1.82, 2.24) is 59.2 Å². The van der Waals surface area contributed by atoms with Gasteiger partial charge in [-0.2, -0.15) is 15.0 Å². The van der Waals surface area contributed by atoms with E-state index in [2.05, 4.69) is 75.9 Å². The van der Waals surface area contributed by atoms with Gasteiger partial charge < -0.3 is 161 Å². The lowest BCUT2D eigenvalue weighted by Gasteiger charge is -2.22. The minimum atomic E-state index is -1.49. The van der Waals surface area contributed by atoms with Crippen molar-refractivity contribution in [1.29, 1.82) is 0 Å². The summed E-state index contributed by atoms with van der Waals surface area (Å²) in [5.41, 5.74) is 23.2. The second-order valence-corrected chi connectivity index (χ2v) is 35.5. The zero-order valence-electron chi connectivity index (χ0n) is 88.0. The summed E-state index contributed by atoms with van der Waals surface area (Å²) < 4.78 is 175. The number of nitrogens with one attached hydrogen (secondary N) is 2. The molecule has 10 aromatic rings. The van der Waals surface area contributed by atoms with Gasteiger partial charge in [-0.25, -0.2) is 33.5 Å². The number of likely N-dealkylation sites (N-methyl/N-ethyl adjacent to an activating group) is 2. The maximum absolute atomic E-state index is 14.8. The molecule has 5 aromatic carbocycles. The average molecular weight is 2090 g/mol. The second kappa shape index (κ2) is 59.0. The number of fused-ring (bicyclic) bond motifs is 4. The van der Waals surface area contributed by atoms with Crippen LogP contribution in [-0.4, -0.2) is 413 Å². The summed E-state index contributed by atoms with van der Waals surface area (Å²) in [6.07, 6.45) is -7.86. The number of nitrogen functional groups attached to an aromatic ring is 3. The van der Waals surface area contributed by atoms with E-state index in [0.717, 1.165) is 22.1 Å². The number of imidazole rings is 2. The highest BCUT2D eigenvalue weighted by Gasteiger charge is 2.53. The summed E-state index contributed by atoms with van der Waals surface area (Å²) in [6.45, 7) is 7.77. The van der Waals surface area contributed by atoms with Gasteiger partial charge in [-0.05, 0) is 61.5 Å². The smallest absolute Gasteiger partial charge is 0.350 e. The number of methoxy groups -OCH3 is 18. The third-order valence-electron chi connectivity index (χ3n) is 26.6. The quantitative estimate of drug-likeness (QED) is 0.0232. The van der Waals surface area contributed by atoms with E-state index in [4.69, 9.17) is 140 Å². The highest BCUT2D eigenvalue weighted by molar-refractivity contribution is 5.86. The summed E-state index contributed by atoms with van der Waals surface area (Å²) in [4.78, 5) is 41.5. The number of benzene rings is 5. The maximum atomic E-state index is 14.8. The fourth-order valence-corrected chi connectivity index (χ4v) is 19.7. The van der Waals surface area contributed by atoms with E-state index in [-0.39, 0.29) is 134 Å². The first-order valence-corrected chi connectivity index (χ1v) is 48.4. The molecule has 148 heavy (non-hydrogen) atoms. The van der Waals surface area contributed by atoms with Crippen LogP contribution in [0, 0.1) is 13.8 Å². The van der Waals surface area contributed by atoms with Crippen molar-refractivity contribution in [2.75, 3.05) is 225 Å². The number of aryl methyl sites for hydroxylation is 2. The number of aliphatic hydroxyl groups is 2. The van der Waals surface area contributed by atoms with Crippen LogP contribution in [0.25, 0.3) is 44.0 Å². The van der Waals surface area contributed by atoms with Crippen LogP contribution in [-0.2, 0) is 123 Å². The Kier molecular flexibility index (Phi) is 47.4. The number of anilines is 3. The number of nitrogens with two attached hydrogens (primary N) is 3. The molecule has 0 aliphatic carbocycles. The SMILES string of the molecule is CNC1C(O)[C@H](n2cnc3c(N)nc(C)nc32)O[C@@H]1COC.CNC1C(OC)[C@H](n2cnc3c(N)nc(N)nc32)O[C@@H]1COC.COC[C@H]1OC[C@H](O)[C@@H]1OC.COC[C@H]1OC[C@H](OC)[C@@H]1OC.COC[C@H]1O[C@@H](c2cccc3ccccc23)[C@H](OC)[C@@H]1OC.COC[C@H]1O[C@@H](c2ccccc2)[C@H](F)[C@@H]1OC.COC[C@H]1O[C@@H](c2ccccc2)[C@H](OC)[C@@H]1OC.COC[C@H]1O[C@@H](n2c(=O)nc(C)c3ccccc32)[C@H](F)[C@@H]1OC. The molecule has 30 atom stereocenters. The van der Waals surface area contributed by atoms with E-state index in [9.17, 15) is 23.8 Å². The van der Waals surface area contributed by atoms with Gasteiger partial charge >= 0.3 is 5.69 Å². The Bertz CT molecular complexity index is 5630. The largest absolute Gasteiger partial charge is 0.388 e. The van der Waals surface area contributed by atoms with Crippen molar-refractivity contribution >= 4 is 61.6 Å². The number of hydrogen-bond acceptors (Lipinski definition) is 41. The van der Waals surface area contributed by atoms with Gasteiger partial charge in [0.25, 0.3) is 0 Å². The molecule has 8 fully saturated rings. The molecule has 44 nitrogen and oxygen atoms in total. The number of halogens is 2. The Balaban J connectivity index is 0.000000162. The molecule has 0 bridgehead atoms. The second-order valence-electron chi connectivity index (χ2n) is 35.5. The van der Waals surface area contributed by atoms with E-state index in [1.807, 2.05) is 92.0 Å². The number of para-hydroxylation sites is 1. The number of hydrogen-bond donors (Lipinski definition) is 7. The van der Waals surface area contributed by atoms with E-state index in [1.54, 1.807) is 161 Å². The summed E-state index contributed by atoms with van der Waals surface area (Å²) in [6, 6.07) is 40.9. The van der Waals surface area contributed by atoms with Crippen LogP contribution in [0.15, 0.2) is 145 Å². The normalized spacial score (nSPS) is 30.4. The van der Waals surface area contributed by atoms with Gasteiger partial charge in [-0.15, -0.1) is 0 Å². The van der Waals surface area contributed by atoms with Crippen molar-refractivity contribution in [3.05, 3.63) is 179 Å². The van der Waals surface area contributed by atoms with Gasteiger partial charge in [0.2, 0.25) is 5.95 Å². The molecule has 8 aliphatic rings. The van der Waals surface area contributed by atoms with Crippen molar-refractivity contribution in [2.24, 2.45) is 0 Å². The number of alkyl halides is 2. The topological polar surface area (TPSA) is 505 Å². The first kappa shape index (κ1) is 119. The molecule has 8 saturated heterocycles. The molecule has 0 radical (unpaired) electrons. The van der Waals surface area contributed by atoms with Gasteiger partial charge in [-0.3, -0.25) is 13.7 Å². The Morgan fingerprint density at radius 3 is 1.34 bits per heavy atom. The third kappa shape index (κ3) is 28.2. The van der Waals surface area contributed by atoms with Gasteiger partial charge in [0.15, 0.2) is 54.0 Å². The summed E-state index contributed by atoms with van der Waals surface area (Å²) in [7, 11) is 32.7. The number of nitrogens with zero attached hydrogens (tertiary/aromatic N) is 10. The van der Waals surface area contributed by atoms with Crippen LogP contribution in [0.5, 0.6) is 0 Å². The fourth-order valence-electron chi connectivity index (χ4n) is 19.7. The highest BCUT2D eigenvalue weighted by Crippen LogP contribution is 2.44. The Morgan fingerprint density at radius 2 is 0.804 bits per heavy atom. The highest BCUT2D eigenvalue weighted by atomic mass is 19.1. The summed E-state index contributed by atoms with van der Waals surface area (Å²) >= 11 is 0. The van der Waals surface area contributed by atoms with E-state index < -0.39 is 73.3 Å². The van der Waals surface area contributed by atoms with Gasteiger partial charge in [0.05, 0.1) is 102 Å². The lowest BCUT2D eigenvalue weighted by molar-refractivity contribution is -0.0626. The lowest BCUT2D eigenvalue weighted by Crippen LogP contribution is -2.44. The predicted octanol–water partition coefficient (Wildman–Crippen LogP) is 6.30. The maximum Gasteiger partial charge on any atom is 0.350 e. The molecular weight excluding hydrogens is 1940 g/mol. The van der Waals surface area contributed by atoms with Crippen molar-refractivity contribution in [2.45, 2.75) is 197 Å². The Labute approximate surface area is 860 Å². The number of aromatic nitrogens is 10. The van der Waals surface area contributed by atoms with Crippen LogP contribution in [0.2, 0.25) is 0 Å². The molecule has 18 rings (SSSR count). The molecule has 4 unspecified atom stereocenters. The first-order chi connectivity index (χ1) is 71.7. The fraction of sp³-hybridized carbons (Fsp3) is 0.608. The van der Waals surface area contributed by atoms with Gasteiger partial charge in [0.1, 0.15) is 157 Å². The van der Waals surface area contributed by atoms with Gasteiger partial charge in [0, 0.05) is 133 Å². The minimum absolute atomic E-state index is 0.00458. The predicted molar refractivity (Wildman–Crippen MR) is 541 cm³/mol. The Morgan fingerprint density at radius 1 is 0.385 bits per heavy atom. The Hall–Kier alpha value is -9.34. The lowest BCUT2D eigenvalue weighted by atomic mass is 9.96. The van der Waals surface area contributed by atoms with E-state index >= 15 is 0 Å². The van der Waals surface area contributed by atoms with E-state index in [1.165, 1.54) is 36.7 Å². The van der Waals surface area contributed by atoms with Crippen LogP contribution in [0.1, 0.15) is 65.2 Å². The molecule has 13 heterocycles. The number of aliphatic hydroxyl groups excluding tert-OH is 2. The zero-order valence-corrected chi connectivity index (χ0v) is 88.0. The third-order valence-corrected chi connectivity index (χ3v) is 26.6. The van der Waals surface area contributed by atoms with Gasteiger partial charge in [-0.1, -0.05) is 121 Å². The molecule has 0 amide bonds. The van der Waals surface area contributed by atoms with Crippen molar-refractivity contribution < 1.29 is 142 Å². The molecule has 46 heteroatoms. The standard InChI is InChI=1S/C18H22O4.C16H19FN2O4.C14H20O4.C13H17FO3.C13H21N7O3.C13H20N6O3.C8H16O4.C7H14O4/c1-19-11-15-17(20-2)18(21-3)16(22-15)14-10-6-8-12-7-4-5-9-13(12)14;1-9-10-6-4-5-7-11(10)19(16(20)18-9)15-13(17)14(22-3)12(23-15)8-21-2;1-15-9-11-13(16-2)14(17-3)12(18-11)10-7-5-4-6-8-10;1-15-8-10-13(16-2)11(14)12(17-10)9-6-4-3-5-7-9;1-16-7-6(4-21-2)23-12(9(7)22-3)20-5-17-8-10(14)18-13(15)19-11(8)20;1-6-17-11(14)9-12(18-6)19(5-16-9)13-10(20)8(15-2)7(22-13)4-21-3;1-9-4-7-8(11-3)6(10-2)5-12-7;1-9-4-6-7(10-2)5(8)3-11-6/h4-10,15-18H,11H2,1-3H3;4-7,12-15H,8H2,1-3H3;4-8,11-14H,9H2,1-3H3;3-7,10-13H,8H2,1-2H3;5-7,9,12,16H,4H2,1-3H3,(H4,14,15,18,19);5,7-8,10,13,15,20H,4H2,1-3H3,(H2,14,17,18);6-8H,4-5H2,1-3H3;5-8H,3-4H2,1-2H3/t15-,16+,17-,18+;12-,13-,14-,15-;11-,12+,13-,14+;10-,11+,12+,13-;6-,7?,9?,12-;7-,8?,10?,13-;6-,7+,8-;5-,6+,7-/m11111100/s1. The molecule has 0 spiro atoms. The molecule has 5 aromatic heterocycles. The van der Waals surface area contributed by atoms with E-state index in [0.29, 0.717) is 105 Å². The van der Waals surface area contributed by atoms with Crippen LogP contribution < -0.4 is 33.5 Å². The number of ether oxygens (including phenoxy) is 26. The van der Waals surface area contributed by atoms with Crippen LogP contribution >= 0.6 is 0 Å². The van der Waals surface area contributed by atoms with Crippen LogP contribution in [0.4, 0.5) is 26.4 Å². The molecular formula is C102H149F2N15O29.